The molecule has 1 heterocycles. The maximum atomic E-state index is 12.4. The Morgan fingerprint density at radius 2 is 1.88 bits per heavy atom. The van der Waals surface area contributed by atoms with Gasteiger partial charge in [0.25, 0.3) is 5.91 Å². The molecule has 6 nitrogen and oxygen atoms in total. The maximum Gasteiger partial charge on any atom is 0.251 e. The standard InChI is InChI=1S/C20H27N3O3/c1-14(2)7-9-21-19-12-16(8-10-22-19)20(24)23-13-15-5-6-17(25-3)18(11-15)26-4/h5-6,8,10-12,14H,7,9,13H2,1-4H3,(H,21,22)(H,23,24). The molecule has 1 aromatic carbocycles. The summed E-state index contributed by atoms with van der Waals surface area (Å²) >= 11 is 0. The number of rotatable bonds is 9. The second-order valence-electron chi connectivity index (χ2n) is 6.41. The van der Waals surface area contributed by atoms with Gasteiger partial charge in [0.05, 0.1) is 14.2 Å². The summed E-state index contributed by atoms with van der Waals surface area (Å²) in [5.41, 5.74) is 1.51. The zero-order valence-corrected chi connectivity index (χ0v) is 15.8. The molecule has 0 fully saturated rings. The fourth-order valence-electron chi connectivity index (χ4n) is 2.43. The van der Waals surface area contributed by atoms with E-state index in [-0.39, 0.29) is 5.91 Å². The monoisotopic (exact) mass is 357 g/mol. The lowest BCUT2D eigenvalue weighted by atomic mass is 10.1. The van der Waals surface area contributed by atoms with Crippen LogP contribution in [0.4, 0.5) is 5.82 Å². The van der Waals surface area contributed by atoms with Gasteiger partial charge in [-0.25, -0.2) is 4.98 Å². The van der Waals surface area contributed by atoms with Crippen LogP contribution in [0.1, 0.15) is 36.2 Å². The van der Waals surface area contributed by atoms with Gasteiger partial charge < -0.3 is 20.1 Å². The predicted molar refractivity (Wildman–Crippen MR) is 103 cm³/mol. The molecule has 6 heteroatoms. The van der Waals surface area contributed by atoms with Crippen molar-refractivity contribution in [2.75, 3.05) is 26.1 Å². The molecule has 1 amide bonds. The lowest BCUT2D eigenvalue weighted by Crippen LogP contribution is -2.23. The predicted octanol–water partition coefficient (Wildman–Crippen LogP) is 3.49. The minimum Gasteiger partial charge on any atom is -0.493 e. The summed E-state index contributed by atoms with van der Waals surface area (Å²) in [6, 6.07) is 9.04. The molecule has 26 heavy (non-hydrogen) atoms. The Balaban J connectivity index is 1.95. The number of hydrogen-bond donors (Lipinski definition) is 2. The van der Waals surface area contributed by atoms with Crippen molar-refractivity contribution < 1.29 is 14.3 Å². The Morgan fingerprint density at radius 3 is 2.58 bits per heavy atom. The number of nitrogens with zero attached hydrogens (tertiary/aromatic N) is 1. The van der Waals surface area contributed by atoms with Crippen LogP contribution in [0.5, 0.6) is 11.5 Å². The second kappa shape index (κ2) is 9.65. The molecule has 0 atom stereocenters. The molecular formula is C20H27N3O3. The van der Waals surface area contributed by atoms with Crippen LogP contribution in [0, 0.1) is 5.92 Å². The minimum atomic E-state index is -0.144. The second-order valence-corrected chi connectivity index (χ2v) is 6.41. The molecule has 0 unspecified atom stereocenters. The Labute approximate surface area is 154 Å². The van der Waals surface area contributed by atoms with E-state index < -0.39 is 0 Å². The van der Waals surface area contributed by atoms with Crippen LogP contribution in [-0.4, -0.2) is 31.7 Å². The van der Waals surface area contributed by atoms with Crippen molar-refractivity contribution in [2.24, 2.45) is 5.92 Å². The van der Waals surface area contributed by atoms with E-state index in [4.69, 9.17) is 9.47 Å². The van der Waals surface area contributed by atoms with Crippen molar-refractivity contribution in [3.8, 4) is 11.5 Å². The maximum absolute atomic E-state index is 12.4. The zero-order chi connectivity index (χ0) is 18.9. The summed E-state index contributed by atoms with van der Waals surface area (Å²) in [5, 5.41) is 6.17. The number of methoxy groups -OCH3 is 2. The number of amides is 1. The highest BCUT2D eigenvalue weighted by atomic mass is 16.5. The molecule has 0 radical (unpaired) electrons. The highest BCUT2D eigenvalue weighted by molar-refractivity contribution is 5.94. The topological polar surface area (TPSA) is 72.5 Å². The Bertz CT molecular complexity index is 732. The molecule has 0 aliphatic rings. The van der Waals surface area contributed by atoms with E-state index in [1.165, 1.54) is 0 Å². The van der Waals surface area contributed by atoms with Crippen molar-refractivity contribution in [3.05, 3.63) is 47.7 Å². The fourth-order valence-corrected chi connectivity index (χ4v) is 2.43. The molecule has 2 rings (SSSR count). The molecule has 140 valence electrons. The highest BCUT2D eigenvalue weighted by Gasteiger charge is 2.09. The van der Waals surface area contributed by atoms with Crippen molar-refractivity contribution in [1.29, 1.82) is 0 Å². The number of carbonyl (C=O) groups is 1. The molecule has 1 aromatic heterocycles. The molecule has 0 saturated carbocycles. The van der Waals surface area contributed by atoms with Crippen LogP contribution in [0.2, 0.25) is 0 Å². The number of ether oxygens (including phenoxy) is 2. The van der Waals surface area contributed by atoms with E-state index in [0.29, 0.717) is 35.3 Å². The van der Waals surface area contributed by atoms with Gasteiger partial charge in [-0.2, -0.15) is 0 Å². The minimum absolute atomic E-state index is 0.144. The van der Waals surface area contributed by atoms with Crippen LogP contribution in [0.15, 0.2) is 36.5 Å². The average Bonchev–Trinajstić information content (AvgIpc) is 2.65. The van der Waals surface area contributed by atoms with Crippen molar-refractivity contribution in [3.63, 3.8) is 0 Å². The number of aromatic nitrogens is 1. The van der Waals surface area contributed by atoms with E-state index in [1.807, 2.05) is 18.2 Å². The zero-order valence-electron chi connectivity index (χ0n) is 15.8. The van der Waals surface area contributed by atoms with E-state index in [0.717, 1.165) is 18.5 Å². The smallest absolute Gasteiger partial charge is 0.251 e. The summed E-state index contributed by atoms with van der Waals surface area (Å²) in [4.78, 5) is 16.7. The van der Waals surface area contributed by atoms with Crippen LogP contribution in [-0.2, 0) is 6.54 Å². The van der Waals surface area contributed by atoms with Crippen LogP contribution in [0.3, 0.4) is 0 Å². The number of carbonyl (C=O) groups excluding carboxylic acids is 1. The number of hydrogen-bond acceptors (Lipinski definition) is 5. The Kier molecular flexibility index (Phi) is 7.26. The Hall–Kier alpha value is -2.76. The normalized spacial score (nSPS) is 10.5. The van der Waals surface area contributed by atoms with Crippen molar-refractivity contribution in [1.82, 2.24) is 10.3 Å². The van der Waals surface area contributed by atoms with Crippen molar-refractivity contribution >= 4 is 11.7 Å². The van der Waals surface area contributed by atoms with E-state index in [9.17, 15) is 4.79 Å². The van der Waals surface area contributed by atoms with Crippen LogP contribution in [0.25, 0.3) is 0 Å². The first-order valence-corrected chi connectivity index (χ1v) is 8.72. The molecule has 0 saturated heterocycles. The van der Waals surface area contributed by atoms with E-state index in [2.05, 4.69) is 29.5 Å². The first-order valence-electron chi connectivity index (χ1n) is 8.72. The first-order chi connectivity index (χ1) is 12.5. The SMILES string of the molecule is COc1ccc(CNC(=O)c2ccnc(NCCC(C)C)c2)cc1OC. The van der Waals surface area contributed by atoms with Gasteiger partial charge in [-0.1, -0.05) is 19.9 Å². The van der Waals surface area contributed by atoms with Gasteiger partial charge in [-0.3, -0.25) is 4.79 Å². The number of anilines is 1. The first kappa shape index (κ1) is 19.6. The fraction of sp³-hybridized carbons (Fsp3) is 0.400. The largest absolute Gasteiger partial charge is 0.493 e. The highest BCUT2D eigenvalue weighted by Crippen LogP contribution is 2.27. The molecular weight excluding hydrogens is 330 g/mol. The van der Waals surface area contributed by atoms with Crippen LogP contribution < -0.4 is 20.1 Å². The molecule has 2 aromatic rings. The third-order valence-corrected chi connectivity index (χ3v) is 3.95. The summed E-state index contributed by atoms with van der Waals surface area (Å²) in [5.74, 6) is 2.49. The van der Waals surface area contributed by atoms with E-state index in [1.54, 1.807) is 32.5 Å². The van der Waals surface area contributed by atoms with Crippen molar-refractivity contribution in [2.45, 2.75) is 26.8 Å². The number of benzene rings is 1. The Morgan fingerprint density at radius 1 is 1.12 bits per heavy atom. The summed E-state index contributed by atoms with van der Waals surface area (Å²) < 4.78 is 10.5. The lowest BCUT2D eigenvalue weighted by Gasteiger charge is -2.11. The van der Waals surface area contributed by atoms with Gasteiger partial charge in [0.15, 0.2) is 11.5 Å². The molecule has 0 aliphatic carbocycles. The van der Waals surface area contributed by atoms with Gasteiger partial charge in [0, 0.05) is 24.8 Å². The number of nitrogens with one attached hydrogen (secondary N) is 2. The van der Waals surface area contributed by atoms with Gasteiger partial charge in [-0.05, 0) is 42.2 Å². The third-order valence-electron chi connectivity index (χ3n) is 3.95. The van der Waals surface area contributed by atoms with Gasteiger partial charge in [0.2, 0.25) is 0 Å². The number of pyridine rings is 1. The third kappa shape index (κ3) is 5.65. The van der Waals surface area contributed by atoms with Gasteiger partial charge in [-0.15, -0.1) is 0 Å². The van der Waals surface area contributed by atoms with Gasteiger partial charge >= 0.3 is 0 Å². The van der Waals surface area contributed by atoms with Gasteiger partial charge in [0.1, 0.15) is 5.82 Å². The van der Waals surface area contributed by atoms with Crippen LogP contribution >= 0.6 is 0 Å². The lowest BCUT2D eigenvalue weighted by molar-refractivity contribution is 0.0951. The molecule has 0 bridgehead atoms. The summed E-state index contributed by atoms with van der Waals surface area (Å²) in [7, 11) is 3.18. The molecule has 2 N–H and O–H groups in total. The molecule has 0 aliphatic heterocycles. The summed E-state index contributed by atoms with van der Waals surface area (Å²) in [6.45, 7) is 5.58. The summed E-state index contributed by atoms with van der Waals surface area (Å²) in [6.07, 6.45) is 2.69. The average molecular weight is 357 g/mol. The quantitative estimate of drug-likeness (QED) is 0.719. The molecule has 0 spiro atoms. The van der Waals surface area contributed by atoms with E-state index >= 15 is 0 Å².